The van der Waals surface area contributed by atoms with E-state index >= 15 is 0 Å². The van der Waals surface area contributed by atoms with Crippen LogP contribution in [0.15, 0.2) is 65.7 Å². The van der Waals surface area contributed by atoms with E-state index in [2.05, 4.69) is 10.1 Å². The molecule has 0 atom stereocenters. The highest BCUT2D eigenvalue weighted by molar-refractivity contribution is 5.50. The predicted octanol–water partition coefficient (Wildman–Crippen LogP) is 3.35. The molecule has 2 aromatic heterocycles. The maximum atomic E-state index is 4.70. The molecule has 84 valence electrons. The van der Waals surface area contributed by atoms with Gasteiger partial charge in [-0.1, -0.05) is 41.6 Å². The number of allylic oxidation sites excluding steroid dienone is 4. The Balaban J connectivity index is 1.84. The summed E-state index contributed by atoms with van der Waals surface area (Å²) in [7, 11) is 0. The minimum absolute atomic E-state index is 0.945. The topological polar surface area (TPSA) is 38.9 Å². The highest BCUT2D eigenvalue weighted by Crippen LogP contribution is 2.00. The number of hydrogen-bond donors (Lipinski definition) is 0. The first-order chi connectivity index (χ1) is 8.45. The van der Waals surface area contributed by atoms with Crippen molar-refractivity contribution in [3.63, 3.8) is 0 Å². The molecule has 0 bridgehead atoms. The zero-order valence-electron chi connectivity index (χ0n) is 9.23. The van der Waals surface area contributed by atoms with Crippen LogP contribution in [-0.4, -0.2) is 10.1 Å². The summed E-state index contributed by atoms with van der Waals surface area (Å²) >= 11 is 0. The lowest BCUT2D eigenvalue weighted by Gasteiger charge is -1.87. The Morgan fingerprint density at radius 1 is 1.00 bits per heavy atom. The second-order valence-corrected chi connectivity index (χ2v) is 3.32. The van der Waals surface area contributed by atoms with Crippen LogP contribution < -0.4 is 0 Å². The minimum Gasteiger partial charge on any atom is -0.364 e. The first-order valence-corrected chi connectivity index (χ1v) is 5.27. The van der Waals surface area contributed by atoms with Gasteiger partial charge in [0.25, 0.3) is 0 Å². The first kappa shape index (κ1) is 11.1. The van der Waals surface area contributed by atoms with Gasteiger partial charge in [-0.3, -0.25) is 4.98 Å². The fourth-order valence-corrected chi connectivity index (χ4v) is 1.22. The lowest BCUT2D eigenvalue weighted by Crippen LogP contribution is -1.74. The predicted molar refractivity (Wildman–Crippen MR) is 67.9 cm³/mol. The van der Waals surface area contributed by atoms with Crippen molar-refractivity contribution >= 4 is 12.2 Å². The van der Waals surface area contributed by atoms with Crippen molar-refractivity contribution in [2.45, 2.75) is 0 Å². The van der Waals surface area contributed by atoms with Crippen LogP contribution in [0.25, 0.3) is 12.2 Å². The summed E-state index contributed by atoms with van der Waals surface area (Å²) in [6, 6.07) is 5.81. The lowest BCUT2D eigenvalue weighted by molar-refractivity contribution is 0.419. The molecular formula is C14H12N2O. The van der Waals surface area contributed by atoms with Gasteiger partial charge < -0.3 is 4.52 Å². The SMILES string of the molecule is C(=C\C=C\c1ccccn1)/C=C/c1cnoc1. The number of rotatable bonds is 4. The van der Waals surface area contributed by atoms with Gasteiger partial charge in [-0.2, -0.15) is 0 Å². The zero-order chi connectivity index (χ0) is 11.8. The summed E-state index contributed by atoms with van der Waals surface area (Å²) < 4.78 is 4.70. The summed E-state index contributed by atoms with van der Waals surface area (Å²) in [5, 5.41) is 3.60. The van der Waals surface area contributed by atoms with Crippen molar-refractivity contribution in [1.82, 2.24) is 10.1 Å². The van der Waals surface area contributed by atoms with Crippen molar-refractivity contribution in [3.05, 3.63) is 72.4 Å². The fourth-order valence-electron chi connectivity index (χ4n) is 1.22. The van der Waals surface area contributed by atoms with E-state index in [-0.39, 0.29) is 0 Å². The van der Waals surface area contributed by atoms with E-state index in [1.165, 1.54) is 0 Å². The highest BCUT2D eigenvalue weighted by atomic mass is 16.5. The Morgan fingerprint density at radius 3 is 2.59 bits per heavy atom. The summed E-state index contributed by atoms with van der Waals surface area (Å²) in [6.45, 7) is 0. The molecule has 0 N–H and O–H groups in total. The van der Waals surface area contributed by atoms with Gasteiger partial charge in [-0.15, -0.1) is 0 Å². The van der Waals surface area contributed by atoms with E-state index < -0.39 is 0 Å². The molecule has 2 heterocycles. The Labute approximate surface area is 99.8 Å². The molecule has 0 aromatic carbocycles. The highest BCUT2D eigenvalue weighted by Gasteiger charge is 1.84. The number of nitrogens with zero attached hydrogens (tertiary/aromatic N) is 2. The van der Waals surface area contributed by atoms with Crippen molar-refractivity contribution < 1.29 is 4.52 Å². The third kappa shape index (κ3) is 3.91. The summed E-state index contributed by atoms with van der Waals surface area (Å²) in [6.07, 6.45) is 16.6. The van der Waals surface area contributed by atoms with Gasteiger partial charge in [0.1, 0.15) is 6.26 Å². The molecule has 0 aliphatic rings. The maximum absolute atomic E-state index is 4.70. The van der Waals surface area contributed by atoms with Gasteiger partial charge in [0, 0.05) is 11.8 Å². The standard InChI is InChI=1S/C14H12N2O/c1(3-7-13-11-16-17-12-13)2-4-8-14-9-5-6-10-15-14/h1-12H/b2-1+,7-3+,8-4+. The number of hydrogen-bond acceptors (Lipinski definition) is 3. The molecule has 0 unspecified atom stereocenters. The molecule has 0 saturated carbocycles. The van der Waals surface area contributed by atoms with Crippen molar-refractivity contribution in [2.24, 2.45) is 0 Å². The Morgan fingerprint density at radius 2 is 1.88 bits per heavy atom. The van der Waals surface area contributed by atoms with Crippen LogP contribution in [0, 0.1) is 0 Å². The van der Waals surface area contributed by atoms with E-state index in [4.69, 9.17) is 4.52 Å². The van der Waals surface area contributed by atoms with Gasteiger partial charge in [0.15, 0.2) is 0 Å². The van der Waals surface area contributed by atoms with Gasteiger partial charge >= 0.3 is 0 Å². The fraction of sp³-hybridized carbons (Fsp3) is 0. The van der Waals surface area contributed by atoms with E-state index in [1.807, 2.05) is 54.7 Å². The molecule has 0 aliphatic carbocycles. The molecule has 2 aromatic rings. The molecule has 3 nitrogen and oxygen atoms in total. The Bertz CT molecular complexity index is 510. The summed E-state index contributed by atoms with van der Waals surface area (Å²) in [5.41, 5.74) is 1.89. The molecule has 2 rings (SSSR count). The van der Waals surface area contributed by atoms with Crippen LogP contribution in [0.2, 0.25) is 0 Å². The molecule has 17 heavy (non-hydrogen) atoms. The van der Waals surface area contributed by atoms with Crippen molar-refractivity contribution in [2.75, 3.05) is 0 Å². The summed E-state index contributed by atoms with van der Waals surface area (Å²) in [4.78, 5) is 4.18. The third-order valence-corrected chi connectivity index (χ3v) is 2.03. The molecular weight excluding hydrogens is 212 g/mol. The van der Waals surface area contributed by atoms with E-state index in [9.17, 15) is 0 Å². The van der Waals surface area contributed by atoms with Crippen LogP contribution in [0.5, 0.6) is 0 Å². The first-order valence-electron chi connectivity index (χ1n) is 5.27. The monoisotopic (exact) mass is 224 g/mol. The van der Waals surface area contributed by atoms with Gasteiger partial charge in [-0.25, -0.2) is 0 Å². The Kier molecular flexibility index (Phi) is 4.06. The van der Waals surface area contributed by atoms with E-state index in [1.54, 1.807) is 18.7 Å². The largest absolute Gasteiger partial charge is 0.364 e. The molecule has 0 radical (unpaired) electrons. The Hall–Kier alpha value is -2.42. The molecule has 0 spiro atoms. The van der Waals surface area contributed by atoms with Crippen LogP contribution in [-0.2, 0) is 0 Å². The van der Waals surface area contributed by atoms with Crippen LogP contribution >= 0.6 is 0 Å². The van der Waals surface area contributed by atoms with Crippen molar-refractivity contribution in [3.8, 4) is 0 Å². The second-order valence-electron chi connectivity index (χ2n) is 3.32. The minimum atomic E-state index is 0.945. The second kappa shape index (κ2) is 6.23. The molecule has 0 fully saturated rings. The van der Waals surface area contributed by atoms with E-state index in [0.717, 1.165) is 11.3 Å². The third-order valence-electron chi connectivity index (χ3n) is 2.03. The van der Waals surface area contributed by atoms with E-state index in [0.29, 0.717) is 0 Å². The van der Waals surface area contributed by atoms with Crippen LogP contribution in [0.4, 0.5) is 0 Å². The smallest absolute Gasteiger partial charge is 0.131 e. The zero-order valence-corrected chi connectivity index (χ0v) is 9.23. The molecule has 3 heteroatoms. The quantitative estimate of drug-likeness (QED) is 0.747. The summed E-state index contributed by atoms with van der Waals surface area (Å²) in [5.74, 6) is 0. The normalized spacial score (nSPS) is 12.0. The maximum Gasteiger partial charge on any atom is 0.131 e. The van der Waals surface area contributed by atoms with Crippen LogP contribution in [0.1, 0.15) is 11.3 Å². The van der Waals surface area contributed by atoms with Crippen LogP contribution in [0.3, 0.4) is 0 Å². The molecule has 0 amide bonds. The van der Waals surface area contributed by atoms with Crippen molar-refractivity contribution in [1.29, 1.82) is 0 Å². The number of pyridine rings is 1. The number of aromatic nitrogens is 2. The van der Waals surface area contributed by atoms with Gasteiger partial charge in [-0.05, 0) is 18.2 Å². The molecule has 0 saturated heterocycles. The van der Waals surface area contributed by atoms with Gasteiger partial charge in [0.2, 0.25) is 0 Å². The average Bonchev–Trinajstić information content (AvgIpc) is 2.88. The average molecular weight is 224 g/mol. The van der Waals surface area contributed by atoms with Gasteiger partial charge in [0.05, 0.1) is 11.9 Å². The lowest BCUT2D eigenvalue weighted by atomic mass is 10.3. The molecule has 0 aliphatic heterocycles.